The van der Waals surface area contributed by atoms with E-state index in [0.29, 0.717) is 44.2 Å². The number of aryl methyl sites for hydroxylation is 1. The maximum Gasteiger partial charge on any atom is 0.223 e. The van der Waals surface area contributed by atoms with Gasteiger partial charge in [-0.25, -0.2) is 9.37 Å². The number of aromatic nitrogens is 1. The number of nitrogens with zero attached hydrogens (tertiary/aromatic N) is 2. The van der Waals surface area contributed by atoms with Crippen molar-refractivity contribution in [3.8, 4) is 11.3 Å². The van der Waals surface area contributed by atoms with Crippen molar-refractivity contribution in [1.82, 2.24) is 9.88 Å². The number of morpholine rings is 1. The molecule has 5 nitrogen and oxygen atoms in total. The van der Waals surface area contributed by atoms with E-state index in [1.165, 1.54) is 12.1 Å². The summed E-state index contributed by atoms with van der Waals surface area (Å²) in [5.74, 6) is 0.866. The zero-order valence-electron chi connectivity index (χ0n) is 13.9. The van der Waals surface area contributed by atoms with Gasteiger partial charge in [-0.2, -0.15) is 0 Å². The third kappa shape index (κ3) is 4.00. The summed E-state index contributed by atoms with van der Waals surface area (Å²) in [6, 6.07) is 6.03. The molecule has 0 bridgehead atoms. The molecule has 6 heteroatoms. The number of ether oxygens (including phenoxy) is 1. The fourth-order valence-electron chi connectivity index (χ4n) is 2.77. The maximum absolute atomic E-state index is 13.0. The second kappa shape index (κ2) is 6.73. The molecule has 24 heavy (non-hydrogen) atoms. The summed E-state index contributed by atoms with van der Waals surface area (Å²) >= 11 is 0. The third-order valence-electron chi connectivity index (χ3n) is 4.01. The Morgan fingerprint density at radius 3 is 2.79 bits per heavy atom. The van der Waals surface area contributed by atoms with Gasteiger partial charge in [0.1, 0.15) is 5.82 Å². The van der Waals surface area contributed by atoms with Crippen molar-refractivity contribution < 1.29 is 18.3 Å². The van der Waals surface area contributed by atoms with Gasteiger partial charge in [-0.1, -0.05) is 0 Å². The van der Waals surface area contributed by atoms with Crippen LogP contribution in [0.4, 0.5) is 4.39 Å². The molecule has 1 saturated heterocycles. The Labute approximate surface area is 140 Å². The van der Waals surface area contributed by atoms with Crippen molar-refractivity contribution in [3.05, 3.63) is 42.2 Å². The van der Waals surface area contributed by atoms with E-state index in [2.05, 4.69) is 4.98 Å². The predicted molar refractivity (Wildman–Crippen MR) is 86.8 cm³/mol. The van der Waals surface area contributed by atoms with E-state index in [1.54, 1.807) is 18.3 Å². The second-order valence-electron chi connectivity index (χ2n) is 6.55. The molecule has 1 aromatic carbocycles. The molecule has 1 aliphatic rings. The lowest BCUT2D eigenvalue weighted by atomic mass is 10.1. The molecular weight excluding hydrogens is 311 g/mol. The normalized spacial score (nSPS) is 17.0. The van der Waals surface area contributed by atoms with Crippen LogP contribution in [0.1, 0.15) is 26.2 Å². The molecule has 128 valence electrons. The Hall–Kier alpha value is -2.21. The third-order valence-corrected chi connectivity index (χ3v) is 4.01. The Bertz CT molecular complexity index is 709. The van der Waals surface area contributed by atoms with Crippen molar-refractivity contribution in [2.75, 3.05) is 19.7 Å². The largest absolute Gasteiger partial charge is 0.441 e. The van der Waals surface area contributed by atoms with E-state index in [1.807, 2.05) is 18.7 Å². The number of hydrogen-bond donors (Lipinski definition) is 0. The zero-order valence-corrected chi connectivity index (χ0v) is 13.9. The molecule has 0 radical (unpaired) electrons. The van der Waals surface area contributed by atoms with Crippen LogP contribution >= 0.6 is 0 Å². The average molecular weight is 332 g/mol. The number of carbonyl (C=O) groups excluding carboxylic acids is 1. The first-order chi connectivity index (χ1) is 11.4. The number of oxazole rings is 1. The van der Waals surface area contributed by atoms with Gasteiger partial charge in [0.25, 0.3) is 0 Å². The summed E-state index contributed by atoms with van der Waals surface area (Å²) in [6.07, 6.45) is 2.39. The quantitative estimate of drug-likeness (QED) is 0.863. The van der Waals surface area contributed by atoms with E-state index in [9.17, 15) is 9.18 Å². The van der Waals surface area contributed by atoms with Gasteiger partial charge < -0.3 is 14.1 Å². The molecule has 0 aliphatic carbocycles. The van der Waals surface area contributed by atoms with Crippen molar-refractivity contribution in [2.45, 2.75) is 32.3 Å². The monoisotopic (exact) mass is 332 g/mol. The number of halogens is 1. The molecule has 0 unspecified atom stereocenters. The van der Waals surface area contributed by atoms with Gasteiger partial charge in [-0.3, -0.25) is 4.79 Å². The van der Waals surface area contributed by atoms with Gasteiger partial charge in [0.2, 0.25) is 5.91 Å². The molecule has 0 N–H and O–H groups in total. The molecule has 2 heterocycles. The van der Waals surface area contributed by atoms with E-state index >= 15 is 0 Å². The molecule has 1 aromatic heterocycles. The molecule has 0 atom stereocenters. The van der Waals surface area contributed by atoms with Crippen LogP contribution in [0.3, 0.4) is 0 Å². The Morgan fingerprint density at radius 2 is 2.08 bits per heavy atom. The number of benzene rings is 1. The first-order valence-electron chi connectivity index (χ1n) is 8.05. The maximum atomic E-state index is 13.0. The van der Waals surface area contributed by atoms with Gasteiger partial charge in [0, 0.05) is 31.5 Å². The molecule has 1 fully saturated rings. The Balaban J connectivity index is 1.57. The highest BCUT2D eigenvalue weighted by molar-refractivity contribution is 5.76. The van der Waals surface area contributed by atoms with Crippen LogP contribution in [0.5, 0.6) is 0 Å². The number of carbonyl (C=O) groups is 1. The van der Waals surface area contributed by atoms with E-state index < -0.39 is 0 Å². The molecule has 0 saturated carbocycles. The molecule has 0 spiro atoms. The minimum absolute atomic E-state index is 0.0768. The molecule has 1 amide bonds. The van der Waals surface area contributed by atoms with E-state index in [-0.39, 0.29) is 17.3 Å². The van der Waals surface area contributed by atoms with Crippen molar-refractivity contribution in [3.63, 3.8) is 0 Å². The highest BCUT2D eigenvalue weighted by Crippen LogP contribution is 2.22. The van der Waals surface area contributed by atoms with Gasteiger partial charge in [-0.15, -0.1) is 0 Å². The Kier molecular flexibility index (Phi) is 4.66. The standard InChI is InChI=1S/C18H21FN2O3/c1-18(2)12-21(9-10-23-18)17(22)8-7-16-20-11-15(24-16)13-3-5-14(19)6-4-13/h3-6,11H,7-10,12H2,1-2H3. The smallest absolute Gasteiger partial charge is 0.223 e. The highest BCUT2D eigenvalue weighted by Gasteiger charge is 2.29. The predicted octanol–water partition coefficient (Wildman–Crippen LogP) is 3.05. The van der Waals surface area contributed by atoms with Crippen LogP contribution in [0.15, 0.2) is 34.9 Å². The first kappa shape index (κ1) is 16.6. The number of rotatable bonds is 4. The summed E-state index contributed by atoms with van der Waals surface area (Å²) in [6.45, 7) is 5.74. The lowest BCUT2D eigenvalue weighted by molar-refractivity contribution is -0.145. The lowest BCUT2D eigenvalue weighted by Gasteiger charge is -2.38. The van der Waals surface area contributed by atoms with Crippen LogP contribution in [0.25, 0.3) is 11.3 Å². The lowest BCUT2D eigenvalue weighted by Crippen LogP contribution is -2.50. The molecule has 3 rings (SSSR count). The van der Waals surface area contributed by atoms with Crippen LogP contribution in [0, 0.1) is 5.82 Å². The van der Waals surface area contributed by atoms with Gasteiger partial charge in [-0.05, 0) is 38.1 Å². The summed E-state index contributed by atoms with van der Waals surface area (Å²) in [4.78, 5) is 18.4. The van der Waals surface area contributed by atoms with Crippen LogP contribution in [0.2, 0.25) is 0 Å². The minimum Gasteiger partial charge on any atom is -0.441 e. The summed E-state index contributed by atoms with van der Waals surface area (Å²) in [5, 5.41) is 0. The fraction of sp³-hybridized carbons (Fsp3) is 0.444. The minimum atomic E-state index is -0.299. The zero-order chi connectivity index (χ0) is 17.2. The molecular formula is C18H21FN2O3. The van der Waals surface area contributed by atoms with Crippen molar-refractivity contribution in [2.24, 2.45) is 0 Å². The Morgan fingerprint density at radius 1 is 1.33 bits per heavy atom. The van der Waals surface area contributed by atoms with Crippen molar-refractivity contribution >= 4 is 5.91 Å². The van der Waals surface area contributed by atoms with Crippen LogP contribution < -0.4 is 0 Å². The van der Waals surface area contributed by atoms with E-state index in [0.717, 1.165) is 5.56 Å². The van der Waals surface area contributed by atoms with Crippen LogP contribution in [-0.4, -0.2) is 41.1 Å². The summed E-state index contributed by atoms with van der Waals surface area (Å²) in [5.41, 5.74) is 0.462. The number of hydrogen-bond acceptors (Lipinski definition) is 4. The second-order valence-corrected chi connectivity index (χ2v) is 6.55. The van der Waals surface area contributed by atoms with Gasteiger partial charge in [0.05, 0.1) is 18.4 Å². The van der Waals surface area contributed by atoms with Crippen molar-refractivity contribution in [1.29, 1.82) is 0 Å². The fourth-order valence-corrected chi connectivity index (χ4v) is 2.77. The van der Waals surface area contributed by atoms with Crippen LogP contribution in [-0.2, 0) is 16.0 Å². The van der Waals surface area contributed by atoms with E-state index in [4.69, 9.17) is 9.15 Å². The topological polar surface area (TPSA) is 55.6 Å². The summed E-state index contributed by atoms with van der Waals surface area (Å²) < 4.78 is 24.2. The average Bonchev–Trinajstić information content (AvgIpc) is 3.01. The SMILES string of the molecule is CC1(C)CN(C(=O)CCc2ncc(-c3ccc(F)cc3)o2)CCO1. The van der Waals surface area contributed by atoms with Gasteiger partial charge in [0.15, 0.2) is 11.7 Å². The first-order valence-corrected chi connectivity index (χ1v) is 8.05. The highest BCUT2D eigenvalue weighted by atomic mass is 19.1. The summed E-state index contributed by atoms with van der Waals surface area (Å²) in [7, 11) is 0. The molecule has 1 aliphatic heterocycles. The molecule has 2 aromatic rings. The van der Waals surface area contributed by atoms with Gasteiger partial charge >= 0.3 is 0 Å². The number of amides is 1.